The van der Waals surface area contributed by atoms with Crippen molar-refractivity contribution in [3.63, 3.8) is 0 Å². The highest BCUT2D eigenvalue weighted by molar-refractivity contribution is 8.00. The molecule has 8 heteroatoms. The smallest absolute Gasteiger partial charge is 0.291 e. The van der Waals surface area contributed by atoms with Crippen molar-refractivity contribution in [2.75, 3.05) is 26.7 Å². The van der Waals surface area contributed by atoms with Crippen LogP contribution in [0.3, 0.4) is 0 Å². The molecule has 1 aromatic heterocycles. The van der Waals surface area contributed by atoms with Gasteiger partial charge in [-0.25, -0.2) is 0 Å². The minimum Gasteiger partial charge on any atom is -0.474 e. The molecule has 7 nitrogen and oxygen atoms in total. The first kappa shape index (κ1) is 22.5. The van der Waals surface area contributed by atoms with Crippen molar-refractivity contribution in [2.24, 2.45) is 5.92 Å². The number of nitrogens with one attached hydrogen (secondary N) is 2. The maximum Gasteiger partial charge on any atom is 0.291 e. The van der Waals surface area contributed by atoms with E-state index in [2.05, 4.69) is 27.7 Å². The van der Waals surface area contributed by atoms with Crippen molar-refractivity contribution in [1.82, 2.24) is 20.7 Å². The lowest BCUT2D eigenvalue weighted by Crippen LogP contribution is -2.48. The van der Waals surface area contributed by atoms with Gasteiger partial charge in [0.05, 0.1) is 6.61 Å². The molecule has 32 heavy (non-hydrogen) atoms. The lowest BCUT2D eigenvalue weighted by molar-refractivity contribution is 0.0842. The zero-order chi connectivity index (χ0) is 21.9. The van der Waals surface area contributed by atoms with Crippen LogP contribution in [0.25, 0.3) is 0 Å². The maximum atomic E-state index is 13.3. The Bertz CT molecular complexity index is 761. The van der Waals surface area contributed by atoms with Crippen molar-refractivity contribution < 1.29 is 14.1 Å². The summed E-state index contributed by atoms with van der Waals surface area (Å²) >= 11 is 1.75. The average Bonchev–Trinajstić information content (AvgIpc) is 3.29. The van der Waals surface area contributed by atoms with E-state index in [0.29, 0.717) is 41.5 Å². The molecule has 4 heterocycles. The quantitative estimate of drug-likeness (QED) is 0.637. The number of amides is 1. The predicted molar refractivity (Wildman–Crippen MR) is 125 cm³/mol. The monoisotopic (exact) mass is 462 g/mol. The molecule has 4 fully saturated rings. The van der Waals surface area contributed by atoms with Gasteiger partial charge in [0, 0.05) is 23.4 Å². The number of nitrogens with zero attached hydrogens (tertiary/aromatic N) is 2. The molecule has 3 atom stereocenters. The third-order valence-electron chi connectivity index (χ3n) is 8.01. The van der Waals surface area contributed by atoms with Gasteiger partial charge in [0.25, 0.3) is 11.8 Å². The van der Waals surface area contributed by atoms with Gasteiger partial charge < -0.3 is 24.8 Å². The number of hydrogen-bond acceptors (Lipinski definition) is 7. The topological polar surface area (TPSA) is 79.6 Å². The van der Waals surface area contributed by atoms with E-state index in [1.807, 2.05) is 0 Å². The van der Waals surface area contributed by atoms with E-state index in [-0.39, 0.29) is 11.9 Å². The van der Waals surface area contributed by atoms with Gasteiger partial charge in [-0.1, -0.05) is 19.3 Å². The van der Waals surface area contributed by atoms with Gasteiger partial charge in [0.1, 0.15) is 4.90 Å². The number of thioether (sulfide) groups is 1. The molecule has 0 aromatic carbocycles. The fraction of sp³-hybridized carbons (Fsp3) is 0.833. The highest BCUT2D eigenvalue weighted by Crippen LogP contribution is 2.41. The summed E-state index contributed by atoms with van der Waals surface area (Å²) in [5.74, 6) is 1.29. The van der Waals surface area contributed by atoms with E-state index in [1.165, 1.54) is 44.9 Å². The van der Waals surface area contributed by atoms with Crippen LogP contribution in [0.2, 0.25) is 0 Å². The molecule has 1 aliphatic carbocycles. The first-order valence-electron chi connectivity index (χ1n) is 12.7. The minimum atomic E-state index is -0.124. The first-order valence-corrected chi connectivity index (χ1v) is 13.6. The number of carbonyl (C=O) groups excluding carboxylic acids is 1. The van der Waals surface area contributed by atoms with Crippen LogP contribution in [0.15, 0.2) is 9.42 Å². The molecule has 2 bridgehead atoms. The van der Waals surface area contributed by atoms with Crippen LogP contribution in [-0.2, 0) is 0 Å². The number of rotatable bonds is 7. The van der Waals surface area contributed by atoms with Crippen molar-refractivity contribution in [3.8, 4) is 5.88 Å². The van der Waals surface area contributed by atoms with Gasteiger partial charge in [-0.15, -0.1) is 11.8 Å². The number of piperidine rings is 2. The number of carbonyl (C=O) groups is 1. The largest absolute Gasteiger partial charge is 0.474 e. The molecule has 1 amide bonds. The molecule has 4 aliphatic rings. The molecule has 3 aliphatic heterocycles. The van der Waals surface area contributed by atoms with E-state index in [4.69, 9.17) is 9.26 Å². The van der Waals surface area contributed by atoms with Crippen LogP contribution in [0.5, 0.6) is 5.88 Å². The summed E-state index contributed by atoms with van der Waals surface area (Å²) in [5.41, 5.74) is 0. The second-order valence-electron chi connectivity index (χ2n) is 10.2. The van der Waals surface area contributed by atoms with E-state index in [0.717, 1.165) is 43.7 Å². The van der Waals surface area contributed by atoms with Crippen LogP contribution in [-0.4, -0.2) is 66.1 Å². The number of aromatic nitrogens is 1. The average molecular weight is 463 g/mol. The SMILES string of the molecule is CN1[C@@H]2CC[C@H]1C[C@@H](NC(=O)c1onc(OCC3CCNCC3)c1SC1CCCCC1)C2. The summed E-state index contributed by atoms with van der Waals surface area (Å²) in [6.45, 7) is 2.73. The molecule has 1 saturated carbocycles. The zero-order valence-corrected chi connectivity index (χ0v) is 20.1. The Morgan fingerprint density at radius 2 is 1.84 bits per heavy atom. The van der Waals surface area contributed by atoms with Crippen LogP contribution < -0.4 is 15.4 Å². The van der Waals surface area contributed by atoms with Crippen LogP contribution in [0, 0.1) is 5.92 Å². The van der Waals surface area contributed by atoms with E-state index >= 15 is 0 Å². The molecule has 1 aromatic rings. The van der Waals surface area contributed by atoms with Gasteiger partial charge in [-0.2, -0.15) is 0 Å². The van der Waals surface area contributed by atoms with Gasteiger partial charge >= 0.3 is 0 Å². The highest BCUT2D eigenvalue weighted by atomic mass is 32.2. The van der Waals surface area contributed by atoms with E-state index in [1.54, 1.807) is 11.8 Å². The molecular weight excluding hydrogens is 424 g/mol. The Morgan fingerprint density at radius 1 is 1.12 bits per heavy atom. The Morgan fingerprint density at radius 3 is 2.56 bits per heavy atom. The van der Waals surface area contributed by atoms with Crippen molar-refractivity contribution in [1.29, 1.82) is 0 Å². The second kappa shape index (κ2) is 10.3. The van der Waals surface area contributed by atoms with Gasteiger partial charge in [-0.05, 0) is 82.6 Å². The molecule has 2 N–H and O–H groups in total. The van der Waals surface area contributed by atoms with Crippen LogP contribution in [0.1, 0.15) is 81.2 Å². The van der Waals surface area contributed by atoms with Crippen LogP contribution >= 0.6 is 11.8 Å². The summed E-state index contributed by atoms with van der Waals surface area (Å²) in [4.78, 5) is 16.6. The van der Waals surface area contributed by atoms with E-state index < -0.39 is 0 Å². The molecule has 5 rings (SSSR count). The number of fused-ring (bicyclic) bond motifs is 2. The summed E-state index contributed by atoms with van der Waals surface area (Å²) < 4.78 is 11.8. The zero-order valence-electron chi connectivity index (χ0n) is 19.3. The number of ether oxygens (including phenoxy) is 1. The Hall–Kier alpha value is -1.25. The van der Waals surface area contributed by atoms with Gasteiger partial charge in [0.2, 0.25) is 5.76 Å². The predicted octanol–water partition coefficient (Wildman–Crippen LogP) is 3.83. The molecule has 3 saturated heterocycles. The first-order chi connectivity index (χ1) is 15.7. The molecular formula is C24H38N4O3S. The van der Waals surface area contributed by atoms with Gasteiger partial charge in [0.15, 0.2) is 0 Å². The molecule has 0 spiro atoms. The lowest BCUT2D eigenvalue weighted by Gasteiger charge is -2.36. The third kappa shape index (κ3) is 5.12. The van der Waals surface area contributed by atoms with Crippen LogP contribution in [0.4, 0.5) is 0 Å². The summed E-state index contributed by atoms with van der Waals surface area (Å²) in [7, 11) is 2.22. The Balaban J connectivity index is 1.27. The fourth-order valence-corrected chi connectivity index (χ4v) is 7.32. The second-order valence-corrected chi connectivity index (χ2v) is 11.5. The lowest BCUT2D eigenvalue weighted by atomic mass is 9.98. The molecule has 178 valence electrons. The van der Waals surface area contributed by atoms with Gasteiger partial charge in [-0.3, -0.25) is 4.79 Å². The fourth-order valence-electron chi connectivity index (χ4n) is 5.98. The van der Waals surface area contributed by atoms with E-state index in [9.17, 15) is 4.79 Å². The summed E-state index contributed by atoms with van der Waals surface area (Å²) in [6, 6.07) is 1.40. The number of hydrogen-bond donors (Lipinski definition) is 2. The maximum absolute atomic E-state index is 13.3. The Labute approximate surface area is 195 Å². The summed E-state index contributed by atoms with van der Waals surface area (Å²) in [6.07, 6.45) is 13.0. The molecule has 0 radical (unpaired) electrons. The highest BCUT2D eigenvalue weighted by Gasteiger charge is 2.39. The van der Waals surface area contributed by atoms with Crippen molar-refractivity contribution in [2.45, 2.75) is 98.9 Å². The summed E-state index contributed by atoms with van der Waals surface area (Å²) in [5, 5.41) is 11.4. The standard InChI is InChI=1S/C24H38N4O3S/c1-28-18-7-8-19(28)14-17(13-18)26-23(29)21-22(32-20-5-3-2-4-6-20)24(27-31-21)30-15-16-9-11-25-12-10-16/h16-20,25H,2-15H2,1H3,(H,26,29)/t17-,18+,19-. The normalized spacial score (nSPS) is 29.8. The molecule has 0 unspecified atom stereocenters. The third-order valence-corrected chi connectivity index (χ3v) is 9.41. The van der Waals surface area contributed by atoms with Crippen molar-refractivity contribution in [3.05, 3.63) is 5.76 Å². The Kier molecular flexibility index (Phi) is 7.29. The minimum absolute atomic E-state index is 0.124. The van der Waals surface area contributed by atoms with Crippen molar-refractivity contribution >= 4 is 17.7 Å².